The molecule has 1 fully saturated rings. The van der Waals surface area contributed by atoms with Crippen LogP contribution in [0.15, 0.2) is 0 Å². The summed E-state index contributed by atoms with van der Waals surface area (Å²) in [7, 11) is -0.690. The van der Waals surface area contributed by atoms with Gasteiger partial charge in [0.2, 0.25) is 0 Å². The number of carbonyl (C=O) groups excluding carboxylic acids is 1. The molecule has 7 nitrogen and oxygen atoms in total. The van der Waals surface area contributed by atoms with Gasteiger partial charge >= 0.3 is 6.03 Å². The van der Waals surface area contributed by atoms with Crippen LogP contribution in [-0.4, -0.2) is 61.6 Å². The van der Waals surface area contributed by atoms with Gasteiger partial charge in [-0.1, -0.05) is 0 Å². The Hall–Kier alpha value is -1.41. The van der Waals surface area contributed by atoms with Crippen LogP contribution in [0, 0.1) is 13.8 Å². The highest BCUT2D eigenvalue weighted by Crippen LogP contribution is 2.19. The van der Waals surface area contributed by atoms with E-state index in [0.29, 0.717) is 18.1 Å². The fourth-order valence-electron chi connectivity index (χ4n) is 3.00. The molecular weight excluding hydrogens is 326 g/mol. The normalized spacial score (nSPS) is 17.0. The Labute approximate surface area is 146 Å². The molecule has 2 N–H and O–H groups in total. The fraction of sp³-hybridized carbons (Fsp3) is 0.750. The van der Waals surface area contributed by atoms with Crippen LogP contribution in [0.4, 0.5) is 10.5 Å². The van der Waals surface area contributed by atoms with Crippen molar-refractivity contribution in [1.29, 1.82) is 0 Å². The molecule has 1 aromatic rings. The number of anilines is 1. The van der Waals surface area contributed by atoms with E-state index < -0.39 is 10.8 Å². The minimum absolute atomic E-state index is 0.167. The number of hydrogen-bond donors (Lipinski definition) is 2. The van der Waals surface area contributed by atoms with E-state index >= 15 is 0 Å². The first-order valence-corrected chi connectivity index (χ1v) is 9.92. The maximum Gasteiger partial charge on any atom is 0.319 e. The molecule has 8 heteroatoms. The molecule has 2 rings (SSSR count). The van der Waals surface area contributed by atoms with Crippen LogP contribution in [0.1, 0.15) is 32.2 Å². The quantitative estimate of drug-likeness (QED) is 0.839. The number of nitrogens with zero attached hydrogens (tertiary/aromatic N) is 3. The van der Waals surface area contributed by atoms with Crippen LogP contribution in [-0.2, 0) is 17.3 Å². The van der Waals surface area contributed by atoms with Gasteiger partial charge in [-0.2, -0.15) is 5.10 Å². The van der Waals surface area contributed by atoms with Crippen LogP contribution in [0.5, 0.6) is 0 Å². The number of hydrogen-bond acceptors (Lipinski definition) is 4. The van der Waals surface area contributed by atoms with E-state index in [-0.39, 0.29) is 11.6 Å². The third kappa shape index (κ3) is 4.36. The smallest absolute Gasteiger partial charge is 0.319 e. The predicted molar refractivity (Wildman–Crippen MR) is 97.9 cm³/mol. The molecule has 24 heavy (non-hydrogen) atoms. The summed E-state index contributed by atoms with van der Waals surface area (Å²) in [4.78, 5) is 14.6. The molecule has 1 aliphatic heterocycles. The molecule has 0 atom stereocenters. The van der Waals surface area contributed by atoms with Gasteiger partial charge < -0.3 is 10.6 Å². The Morgan fingerprint density at radius 3 is 2.46 bits per heavy atom. The Balaban J connectivity index is 1.91. The maximum atomic E-state index is 12.3. The fourth-order valence-corrected chi connectivity index (χ4v) is 4.05. The lowest BCUT2D eigenvalue weighted by atomic mass is 10.0. The number of amides is 2. The van der Waals surface area contributed by atoms with Crippen molar-refractivity contribution in [3.05, 3.63) is 11.4 Å². The Morgan fingerprint density at radius 2 is 1.92 bits per heavy atom. The summed E-state index contributed by atoms with van der Waals surface area (Å²) >= 11 is 0. The van der Waals surface area contributed by atoms with Crippen LogP contribution in [0.2, 0.25) is 0 Å². The summed E-state index contributed by atoms with van der Waals surface area (Å²) in [6.07, 6.45) is 0. The highest BCUT2D eigenvalue weighted by Gasteiger charge is 2.30. The molecule has 1 saturated heterocycles. The van der Waals surface area contributed by atoms with Crippen molar-refractivity contribution in [3.8, 4) is 0 Å². The third-order valence-electron chi connectivity index (χ3n) is 4.63. The van der Waals surface area contributed by atoms with Crippen molar-refractivity contribution in [3.63, 3.8) is 0 Å². The van der Waals surface area contributed by atoms with E-state index in [2.05, 4.69) is 34.5 Å². The predicted octanol–water partition coefficient (Wildman–Crippen LogP) is 1.48. The van der Waals surface area contributed by atoms with Gasteiger partial charge in [-0.15, -0.1) is 0 Å². The number of nitrogens with one attached hydrogen (secondary N) is 2. The number of aryl methyl sites for hydroxylation is 2. The second-order valence-electron chi connectivity index (χ2n) is 6.82. The van der Waals surface area contributed by atoms with E-state index in [1.807, 2.05) is 25.5 Å². The van der Waals surface area contributed by atoms with E-state index in [4.69, 9.17) is 0 Å². The highest BCUT2D eigenvalue weighted by molar-refractivity contribution is 7.85. The summed E-state index contributed by atoms with van der Waals surface area (Å²) in [5.74, 6) is 1.43. The SMILES string of the molecule is CCn1nc(C)c(NC(=O)NCC(C)(C)N2CCS(=O)CC2)c1C. The molecule has 1 aromatic heterocycles. The molecule has 0 spiro atoms. The molecule has 0 aliphatic carbocycles. The van der Waals surface area contributed by atoms with Gasteiger partial charge in [0.15, 0.2) is 0 Å². The van der Waals surface area contributed by atoms with E-state index in [1.54, 1.807) is 0 Å². The third-order valence-corrected chi connectivity index (χ3v) is 5.91. The second-order valence-corrected chi connectivity index (χ2v) is 8.51. The average Bonchev–Trinajstić information content (AvgIpc) is 2.81. The molecule has 2 heterocycles. The van der Waals surface area contributed by atoms with Gasteiger partial charge in [0.05, 0.1) is 17.1 Å². The number of carbonyl (C=O) groups is 1. The van der Waals surface area contributed by atoms with E-state index in [9.17, 15) is 9.00 Å². The summed E-state index contributed by atoms with van der Waals surface area (Å²) in [5, 5.41) is 10.3. The van der Waals surface area contributed by atoms with E-state index in [0.717, 1.165) is 36.7 Å². The van der Waals surface area contributed by atoms with Crippen molar-refractivity contribution in [2.75, 3.05) is 36.5 Å². The largest absolute Gasteiger partial charge is 0.336 e. The topological polar surface area (TPSA) is 79.3 Å². The zero-order chi connectivity index (χ0) is 17.9. The molecule has 0 radical (unpaired) electrons. The van der Waals surface area contributed by atoms with Gasteiger partial charge in [-0.25, -0.2) is 4.79 Å². The maximum absolute atomic E-state index is 12.3. The summed E-state index contributed by atoms with van der Waals surface area (Å²) < 4.78 is 13.4. The van der Waals surface area contributed by atoms with Crippen molar-refractivity contribution in [2.24, 2.45) is 0 Å². The van der Waals surface area contributed by atoms with Crippen LogP contribution in [0.3, 0.4) is 0 Å². The zero-order valence-electron chi connectivity index (χ0n) is 15.3. The molecule has 136 valence electrons. The Morgan fingerprint density at radius 1 is 1.29 bits per heavy atom. The summed E-state index contributed by atoms with van der Waals surface area (Å²) in [5.41, 5.74) is 2.39. The molecule has 0 aromatic carbocycles. The number of rotatable bonds is 5. The highest BCUT2D eigenvalue weighted by atomic mass is 32.2. The zero-order valence-corrected chi connectivity index (χ0v) is 16.1. The van der Waals surface area contributed by atoms with Gasteiger partial charge in [0.1, 0.15) is 0 Å². The first-order chi connectivity index (χ1) is 11.2. The standard InChI is InChI=1S/C16H29N5O2S/c1-6-21-13(3)14(12(2)19-21)18-15(22)17-11-16(4,5)20-7-9-24(23)10-8-20/h6-11H2,1-5H3,(H2,17,18,22). The average molecular weight is 356 g/mol. The van der Waals surface area contributed by atoms with Gasteiger partial charge in [-0.3, -0.25) is 13.8 Å². The monoisotopic (exact) mass is 355 g/mol. The van der Waals surface area contributed by atoms with Gasteiger partial charge in [0.25, 0.3) is 0 Å². The summed E-state index contributed by atoms with van der Waals surface area (Å²) in [6.45, 7) is 13.0. The lowest BCUT2D eigenvalue weighted by Crippen LogP contribution is -2.56. The first-order valence-electron chi connectivity index (χ1n) is 8.43. The van der Waals surface area contributed by atoms with Gasteiger partial charge in [-0.05, 0) is 34.6 Å². The number of urea groups is 1. The van der Waals surface area contributed by atoms with Crippen LogP contribution in [0.25, 0.3) is 0 Å². The summed E-state index contributed by atoms with van der Waals surface area (Å²) in [6, 6.07) is -0.217. The second kappa shape index (κ2) is 7.65. The van der Waals surface area contributed by atoms with Crippen molar-refractivity contribution < 1.29 is 9.00 Å². The lowest BCUT2D eigenvalue weighted by Gasteiger charge is -2.40. The molecular formula is C16H29N5O2S. The molecule has 0 unspecified atom stereocenters. The van der Waals surface area contributed by atoms with Crippen molar-refractivity contribution in [1.82, 2.24) is 20.0 Å². The lowest BCUT2D eigenvalue weighted by molar-refractivity contribution is 0.133. The minimum Gasteiger partial charge on any atom is -0.336 e. The number of aromatic nitrogens is 2. The van der Waals surface area contributed by atoms with Crippen LogP contribution < -0.4 is 10.6 Å². The van der Waals surface area contributed by atoms with Crippen LogP contribution >= 0.6 is 0 Å². The Kier molecular flexibility index (Phi) is 6.03. The molecule has 0 bridgehead atoms. The van der Waals surface area contributed by atoms with Crippen molar-refractivity contribution in [2.45, 2.75) is 46.7 Å². The first kappa shape index (κ1) is 18.9. The molecule has 1 aliphatic rings. The molecule has 0 saturated carbocycles. The molecule has 2 amide bonds. The van der Waals surface area contributed by atoms with Crippen molar-refractivity contribution >= 4 is 22.5 Å². The minimum atomic E-state index is -0.690. The van der Waals surface area contributed by atoms with Gasteiger partial charge in [0, 0.05) is 54.0 Å². The van der Waals surface area contributed by atoms with E-state index in [1.165, 1.54) is 0 Å². The Bertz CT molecular complexity index is 616.